The SMILES string of the molecule is Nc1cccc(NC(=O)CSc2ccccc2)c1. The van der Waals surface area contributed by atoms with Gasteiger partial charge in [-0.15, -0.1) is 11.8 Å². The van der Waals surface area contributed by atoms with Crippen molar-refractivity contribution in [3.05, 3.63) is 54.6 Å². The van der Waals surface area contributed by atoms with E-state index < -0.39 is 0 Å². The lowest BCUT2D eigenvalue weighted by molar-refractivity contribution is -0.113. The molecule has 0 fully saturated rings. The largest absolute Gasteiger partial charge is 0.399 e. The first-order valence-electron chi connectivity index (χ1n) is 5.57. The van der Waals surface area contributed by atoms with Gasteiger partial charge >= 0.3 is 0 Å². The van der Waals surface area contributed by atoms with Crippen molar-refractivity contribution < 1.29 is 4.79 Å². The lowest BCUT2D eigenvalue weighted by Gasteiger charge is -2.05. The van der Waals surface area contributed by atoms with Gasteiger partial charge in [0.15, 0.2) is 0 Å². The Bertz CT molecular complexity index is 528. The number of benzene rings is 2. The van der Waals surface area contributed by atoms with E-state index in [9.17, 15) is 4.79 Å². The van der Waals surface area contributed by atoms with Crippen LogP contribution in [0, 0.1) is 0 Å². The van der Waals surface area contributed by atoms with E-state index in [-0.39, 0.29) is 5.91 Å². The minimum atomic E-state index is -0.0329. The van der Waals surface area contributed by atoms with Gasteiger partial charge in [-0.25, -0.2) is 0 Å². The molecule has 3 N–H and O–H groups in total. The van der Waals surface area contributed by atoms with Crippen LogP contribution in [0.2, 0.25) is 0 Å². The Morgan fingerprint density at radius 1 is 1.11 bits per heavy atom. The minimum absolute atomic E-state index is 0.0329. The van der Waals surface area contributed by atoms with E-state index in [4.69, 9.17) is 5.73 Å². The number of thioether (sulfide) groups is 1. The highest BCUT2D eigenvalue weighted by Gasteiger charge is 2.03. The predicted octanol–water partition coefficient (Wildman–Crippen LogP) is 3.00. The number of nitrogens with one attached hydrogen (secondary N) is 1. The fourth-order valence-corrected chi connectivity index (χ4v) is 2.20. The molecule has 1 amide bonds. The van der Waals surface area contributed by atoms with Crippen LogP contribution in [0.4, 0.5) is 11.4 Å². The minimum Gasteiger partial charge on any atom is -0.399 e. The third-order valence-corrected chi connectivity index (χ3v) is 3.30. The third kappa shape index (κ3) is 3.82. The summed E-state index contributed by atoms with van der Waals surface area (Å²) in [4.78, 5) is 12.8. The summed E-state index contributed by atoms with van der Waals surface area (Å²) in [6.07, 6.45) is 0. The fraction of sp³-hybridized carbons (Fsp3) is 0.0714. The van der Waals surface area contributed by atoms with Crippen molar-refractivity contribution >= 4 is 29.0 Å². The Labute approximate surface area is 110 Å². The van der Waals surface area contributed by atoms with E-state index in [1.807, 2.05) is 42.5 Å². The third-order valence-electron chi connectivity index (χ3n) is 2.28. The van der Waals surface area contributed by atoms with Gasteiger partial charge in [-0.2, -0.15) is 0 Å². The Morgan fingerprint density at radius 3 is 2.61 bits per heavy atom. The monoisotopic (exact) mass is 258 g/mol. The Morgan fingerprint density at radius 2 is 1.89 bits per heavy atom. The van der Waals surface area contributed by atoms with Crippen LogP contribution in [-0.4, -0.2) is 11.7 Å². The number of hydrogen-bond acceptors (Lipinski definition) is 3. The van der Waals surface area contributed by atoms with Crippen LogP contribution < -0.4 is 11.1 Å². The van der Waals surface area contributed by atoms with Crippen LogP contribution in [0.3, 0.4) is 0 Å². The zero-order chi connectivity index (χ0) is 12.8. The number of hydrogen-bond donors (Lipinski definition) is 2. The van der Waals surface area contributed by atoms with Gasteiger partial charge in [-0.05, 0) is 30.3 Å². The molecule has 2 aromatic carbocycles. The first-order chi connectivity index (χ1) is 8.74. The molecule has 18 heavy (non-hydrogen) atoms. The maximum absolute atomic E-state index is 11.7. The van der Waals surface area contributed by atoms with Crippen molar-refractivity contribution in [2.24, 2.45) is 0 Å². The molecule has 0 heterocycles. The number of anilines is 2. The molecule has 0 spiro atoms. The van der Waals surface area contributed by atoms with Gasteiger partial charge in [0.25, 0.3) is 0 Å². The van der Waals surface area contributed by atoms with Gasteiger partial charge in [-0.3, -0.25) is 4.79 Å². The predicted molar refractivity (Wildman–Crippen MR) is 76.7 cm³/mol. The molecule has 0 saturated heterocycles. The second kappa shape index (κ2) is 6.12. The normalized spacial score (nSPS) is 10.0. The maximum atomic E-state index is 11.7. The van der Waals surface area contributed by atoms with E-state index in [1.165, 1.54) is 11.8 Å². The van der Waals surface area contributed by atoms with Gasteiger partial charge in [0.05, 0.1) is 5.75 Å². The molecular formula is C14H14N2OS. The first-order valence-corrected chi connectivity index (χ1v) is 6.56. The molecule has 0 atom stereocenters. The van der Waals surface area contributed by atoms with Crippen molar-refractivity contribution in [1.29, 1.82) is 0 Å². The summed E-state index contributed by atoms with van der Waals surface area (Å²) in [7, 11) is 0. The van der Waals surface area contributed by atoms with E-state index in [2.05, 4.69) is 5.32 Å². The summed E-state index contributed by atoms with van der Waals surface area (Å²) < 4.78 is 0. The van der Waals surface area contributed by atoms with Crippen LogP contribution in [-0.2, 0) is 4.79 Å². The highest BCUT2D eigenvalue weighted by Crippen LogP contribution is 2.18. The smallest absolute Gasteiger partial charge is 0.234 e. The molecule has 92 valence electrons. The van der Waals surface area contributed by atoms with Crippen molar-refractivity contribution in [3.8, 4) is 0 Å². The highest BCUT2D eigenvalue weighted by atomic mass is 32.2. The number of nitrogen functional groups attached to an aromatic ring is 1. The Balaban J connectivity index is 1.86. The number of nitrogens with two attached hydrogens (primary N) is 1. The van der Waals surface area contributed by atoms with Crippen molar-refractivity contribution in [2.75, 3.05) is 16.8 Å². The summed E-state index contributed by atoms with van der Waals surface area (Å²) in [5, 5.41) is 2.81. The standard InChI is InChI=1S/C14H14N2OS/c15-11-5-4-6-12(9-11)16-14(17)10-18-13-7-2-1-3-8-13/h1-9H,10,15H2,(H,16,17). The van der Waals surface area contributed by atoms with E-state index in [0.717, 1.165) is 10.6 Å². The van der Waals surface area contributed by atoms with Gasteiger partial charge < -0.3 is 11.1 Å². The van der Waals surface area contributed by atoms with Gasteiger partial charge in [-0.1, -0.05) is 24.3 Å². The lowest BCUT2D eigenvalue weighted by atomic mass is 10.3. The second-order valence-corrected chi connectivity index (χ2v) is 4.82. The second-order valence-electron chi connectivity index (χ2n) is 3.78. The molecule has 0 bridgehead atoms. The molecule has 0 aliphatic carbocycles. The van der Waals surface area contributed by atoms with E-state index in [1.54, 1.807) is 12.1 Å². The molecule has 0 aromatic heterocycles. The number of amides is 1. The average Bonchev–Trinajstić information content (AvgIpc) is 2.38. The summed E-state index contributed by atoms with van der Waals surface area (Å²) in [6.45, 7) is 0. The number of rotatable bonds is 4. The summed E-state index contributed by atoms with van der Waals surface area (Å²) >= 11 is 1.51. The molecular weight excluding hydrogens is 244 g/mol. The molecule has 3 nitrogen and oxygen atoms in total. The Hall–Kier alpha value is -1.94. The van der Waals surface area contributed by atoms with Crippen LogP contribution >= 0.6 is 11.8 Å². The highest BCUT2D eigenvalue weighted by molar-refractivity contribution is 8.00. The first kappa shape index (κ1) is 12.5. The summed E-state index contributed by atoms with van der Waals surface area (Å²) in [5.41, 5.74) is 7.02. The molecule has 2 rings (SSSR count). The van der Waals surface area contributed by atoms with E-state index >= 15 is 0 Å². The average molecular weight is 258 g/mol. The van der Waals surface area contributed by atoms with Crippen LogP contribution in [0.5, 0.6) is 0 Å². The lowest BCUT2D eigenvalue weighted by Crippen LogP contribution is -2.14. The molecule has 0 aliphatic rings. The van der Waals surface area contributed by atoms with Crippen LogP contribution in [0.1, 0.15) is 0 Å². The topological polar surface area (TPSA) is 55.1 Å². The maximum Gasteiger partial charge on any atom is 0.234 e. The summed E-state index contributed by atoms with van der Waals surface area (Å²) in [6, 6.07) is 17.0. The molecule has 0 radical (unpaired) electrons. The van der Waals surface area contributed by atoms with Gasteiger partial charge in [0.1, 0.15) is 0 Å². The van der Waals surface area contributed by atoms with Gasteiger partial charge in [0.2, 0.25) is 5.91 Å². The van der Waals surface area contributed by atoms with Crippen LogP contribution in [0.25, 0.3) is 0 Å². The zero-order valence-electron chi connectivity index (χ0n) is 9.80. The van der Waals surface area contributed by atoms with E-state index in [0.29, 0.717) is 11.4 Å². The molecule has 0 unspecified atom stereocenters. The molecule has 4 heteroatoms. The Kier molecular flexibility index (Phi) is 4.25. The number of carbonyl (C=O) groups excluding carboxylic acids is 1. The molecule has 0 aliphatic heterocycles. The fourth-order valence-electron chi connectivity index (χ4n) is 1.48. The summed E-state index contributed by atoms with van der Waals surface area (Å²) in [5.74, 6) is 0.355. The van der Waals surface area contributed by atoms with Crippen molar-refractivity contribution in [2.45, 2.75) is 4.90 Å². The van der Waals surface area contributed by atoms with Crippen LogP contribution in [0.15, 0.2) is 59.5 Å². The molecule has 2 aromatic rings. The van der Waals surface area contributed by atoms with Crippen molar-refractivity contribution in [1.82, 2.24) is 0 Å². The number of carbonyl (C=O) groups is 1. The zero-order valence-corrected chi connectivity index (χ0v) is 10.6. The quantitative estimate of drug-likeness (QED) is 0.654. The molecule has 0 saturated carbocycles. The van der Waals surface area contributed by atoms with Crippen molar-refractivity contribution in [3.63, 3.8) is 0 Å². The van der Waals surface area contributed by atoms with Gasteiger partial charge in [0, 0.05) is 16.3 Å².